The largest absolute Gasteiger partial charge is 0.481 e. The Balaban J connectivity index is 2.22. The van der Waals surface area contributed by atoms with Crippen molar-refractivity contribution in [1.29, 1.82) is 0 Å². The van der Waals surface area contributed by atoms with Crippen molar-refractivity contribution in [2.24, 2.45) is 0 Å². The fraction of sp³-hybridized carbons (Fsp3) is 0.533. The Hall–Kier alpha value is -1.59. The summed E-state index contributed by atoms with van der Waals surface area (Å²) in [5, 5.41) is 5.98. The normalized spacial score (nSPS) is 11.9. The SMILES string of the molecule is COCCNCCNC(=O)C(C)Oc1cccc(C)c1. The van der Waals surface area contributed by atoms with Gasteiger partial charge in [-0.2, -0.15) is 0 Å². The molecule has 0 fully saturated rings. The molecule has 1 unspecified atom stereocenters. The lowest BCUT2D eigenvalue weighted by Gasteiger charge is -2.15. The maximum atomic E-state index is 11.8. The van der Waals surface area contributed by atoms with E-state index in [-0.39, 0.29) is 5.91 Å². The minimum Gasteiger partial charge on any atom is -0.481 e. The summed E-state index contributed by atoms with van der Waals surface area (Å²) in [6.07, 6.45) is -0.504. The van der Waals surface area contributed by atoms with Crippen LogP contribution in [-0.4, -0.2) is 45.4 Å². The second-order valence-corrected chi connectivity index (χ2v) is 4.61. The van der Waals surface area contributed by atoms with Gasteiger partial charge in [0.1, 0.15) is 5.75 Å². The zero-order chi connectivity index (χ0) is 14.8. The van der Waals surface area contributed by atoms with Crippen LogP contribution in [0.1, 0.15) is 12.5 Å². The van der Waals surface area contributed by atoms with E-state index in [9.17, 15) is 4.79 Å². The molecule has 20 heavy (non-hydrogen) atoms. The maximum absolute atomic E-state index is 11.8. The molecule has 112 valence electrons. The van der Waals surface area contributed by atoms with Gasteiger partial charge in [0.05, 0.1) is 6.61 Å². The fourth-order valence-electron chi connectivity index (χ4n) is 1.66. The molecule has 1 atom stereocenters. The molecule has 2 N–H and O–H groups in total. The molecule has 1 aromatic carbocycles. The van der Waals surface area contributed by atoms with Gasteiger partial charge >= 0.3 is 0 Å². The Morgan fingerprint density at radius 1 is 1.30 bits per heavy atom. The summed E-state index contributed by atoms with van der Waals surface area (Å²) >= 11 is 0. The van der Waals surface area contributed by atoms with E-state index in [1.54, 1.807) is 14.0 Å². The average Bonchev–Trinajstić information content (AvgIpc) is 2.42. The summed E-state index contributed by atoms with van der Waals surface area (Å²) in [6.45, 7) is 6.47. The molecule has 0 aliphatic rings. The van der Waals surface area contributed by atoms with Crippen molar-refractivity contribution in [2.75, 3.05) is 33.4 Å². The molecule has 0 spiro atoms. The number of amides is 1. The first-order valence-corrected chi connectivity index (χ1v) is 6.84. The quantitative estimate of drug-likeness (QED) is 0.665. The van der Waals surface area contributed by atoms with Gasteiger partial charge in [0, 0.05) is 26.7 Å². The molecule has 0 aromatic heterocycles. The minimum absolute atomic E-state index is 0.111. The van der Waals surface area contributed by atoms with Crippen LogP contribution in [0.15, 0.2) is 24.3 Å². The van der Waals surface area contributed by atoms with Gasteiger partial charge in [-0.05, 0) is 31.5 Å². The molecule has 0 saturated carbocycles. The zero-order valence-electron chi connectivity index (χ0n) is 12.4. The Morgan fingerprint density at radius 2 is 2.10 bits per heavy atom. The van der Waals surface area contributed by atoms with E-state index in [0.717, 1.165) is 12.1 Å². The highest BCUT2D eigenvalue weighted by Crippen LogP contribution is 2.14. The molecule has 1 aromatic rings. The number of hydrogen-bond donors (Lipinski definition) is 2. The Morgan fingerprint density at radius 3 is 2.80 bits per heavy atom. The van der Waals surface area contributed by atoms with Gasteiger partial charge in [-0.3, -0.25) is 4.79 Å². The highest BCUT2D eigenvalue weighted by atomic mass is 16.5. The van der Waals surface area contributed by atoms with Gasteiger partial charge in [0.15, 0.2) is 6.10 Å². The van der Waals surface area contributed by atoms with Crippen LogP contribution in [-0.2, 0) is 9.53 Å². The monoisotopic (exact) mass is 280 g/mol. The van der Waals surface area contributed by atoms with Gasteiger partial charge in [0.2, 0.25) is 0 Å². The predicted molar refractivity (Wildman–Crippen MR) is 79.0 cm³/mol. The second-order valence-electron chi connectivity index (χ2n) is 4.61. The highest BCUT2D eigenvalue weighted by Gasteiger charge is 2.13. The molecule has 0 radical (unpaired) electrons. The Labute approximate surface area is 120 Å². The third-order valence-corrected chi connectivity index (χ3v) is 2.76. The smallest absolute Gasteiger partial charge is 0.260 e. The Bertz CT molecular complexity index is 410. The van der Waals surface area contributed by atoms with E-state index < -0.39 is 6.10 Å². The van der Waals surface area contributed by atoms with Crippen LogP contribution in [0.25, 0.3) is 0 Å². The van der Waals surface area contributed by atoms with E-state index in [0.29, 0.717) is 25.4 Å². The number of nitrogens with one attached hydrogen (secondary N) is 2. The van der Waals surface area contributed by atoms with Gasteiger partial charge in [-0.15, -0.1) is 0 Å². The topological polar surface area (TPSA) is 59.6 Å². The van der Waals surface area contributed by atoms with Crippen molar-refractivity contribution < 1.29 is 14.3 Å². The van der Waals surface area contributed by atoms with E-state index in [4.69, 9.17) is 9.47 Å². The van der Waals surface area contributed by atoms with Crippen molar-refractivity contribution in [3.63, 3.8) is 0 Å². The van der Waals surface area contributed by atoms with Crippen LogP contribution in [0, 0.1) is 6.92 Å². The number of aryl methyl sites for hydroxylation is 1. The van der Waals surface area contributed by atoms with Crippen LogP contribution < -0.4 is 15.4 Å². The number of ether oxygens (including phenoxy) is 2. The molecule has 0 aliphatic heterocycles. The number of carbonyl (C=O) groups excluding carboxylic acids is 1. The summed E-state index contributed by atoms with van der Waals surface area (Å²) < 4.78 is 10.5. The van der Waals surface area contributed by atoms with Crippen molar-refractivity contribution in [1.82, 2.24) is 10.6 Å². The number of carbonyl (C=O) groups is 1. The summed E-state index contributed by atoms with van der Waals surface area (Å²) in [4.78, 5) is 11.8. The molecule has 0 aliphatic carbocycles. The van der Waals surface area contributed by atoms with E-state index >= 15 is 0 Å². The number of methoxy groups -OCH3 is 1. The minimum atomic E-state index is -0.504. The molecular formula is C15H24N2O3. The van der Waals surface area contributed by atoms with Crippen LogP contribution in [0.4, 0.5) is 0 Å². The first kappa shape index (κ1) is 16.5. The second kappa shape index (κ2) is 9.34. The number of hydrogen-bond acceptors (Lipinski definition) is 4. The lowest BCUT2D eigenvalue weighted by Crippen LogP contribution is -2.40. The van der Waals surface area contributed by atoms with Gasteiger partial charge in [0.25, 0.3) is 5.91 Å². The Kier molecular flexibility index (Phi) is 7.69. The molecule has 0 bridgehead atoms. The van der Waals surface area contributed by atoms with E-state index in [2.05, 4.69) is 10.6 Å². The molecule has 1 amide bonds. The van der Waals surface area contributed by atoms with E-state index in [1.165, 1.54) is 0 Å². The molecule has 0 saturated heterocycles. The number of rotatable bonds is 9. The molecule has 1 rings (SSSR count). The van der Waals surface area contributed by atoms with Gasteiger partial charge in [-0.1, -0.05) is 12.1 Å². The molecule has 0 heterocycles. The third kappa shape index (κ3) is 6.54. The first-order valence-electron chi connectivity index (χ1n) is 6.84. The summed E-state index contributed by atoms with van der Waals surface area (Å²) in [5.41, 5.74) is 1.11. The van der Waals surface area contributed by atoms with Crippen molar-refractivity contribution in [3.05, 3.63) is 29.8 Å². The van der Waals surface area contributed by atoms with Crippen LogP contribution in [0.5, 0.6) is 5.75 Å². The predicted octanol–water partition coefficient (Wildman–Crippen LogP) is 1.11. The van der Waals surface area contributed by atoms with Crippen molar-refractivity contribution >= 4 is 5.91 Å². The van der Waals surface area contributed by atoms with Gasteiger partial charge < -0.3 is 20.1 Å². The average molecular weight is 280 g/mol. The van der Waals surface area contributed by atoms with Crippen LogP contribution >= 0.6 is 0 Å². The summed E-state index contributed by atoms with van der Waals surface area (Å²) in [7, 11) is 1.66. The first-order chi connectivity index (χ1) is 9.63. The summed E-state index contributed by atoms with van der Waals surface area (Å²) in [5.74, 6) is 0.603. The third-order valence-electron chi connectivity index (χ3n) is 2.76. The van der Waals surface area contributed by atoms with Crippen LogP contribution in [0.2, 0.25) is 0 Å². The molecule has 5 nitrogen and oxygen atoms in total. The van der Waals surface area contributed by atoms with E-state index in [1.807, 2.05) is 31.2 Å². The van der Waals surface area contributed by atoms with Crippen molar-refractivity contribution in [2.45, 2.75) is 20.0 Å². The van der Waals surface area contributed by atoms with Gasteiger partial charge in [-0.25, -0.2) is 0 Å². The maximum Gasteiger partial charge on any atom is 0.260 e. The standard InChI is InChI=1S/C15H24N2O3/c1-12-5-4-6-14(11-12)20-13(2)15(18)17-8-7-16-9-10-19-3/h4-6,11,13,16H,7-10H2,1-3H3,(H,17,18). The molecule has 5 heteroatoms. The number of benzene rings is 1. The lowest BCUT2D eigenvalue weighted by atomic mass is 10.2. The fourth-order valence-corrected chi connectivity index (χ4v) is 1.66. The zero-order valence-corrected chi connectivity index (χ0v) is 12.4. The lowest BCUT2D eigenvalue weighted by molar-refractivity contribution is -0.127. The highest BCUT2D eigenvalue weighted by molar-refractivity contribution is 5.80. The molecular weight excluding hydrogens is 256 g/mol. The van der Waals surface area contributed by atoms with Crippen molar-refractivity contribution in [3.8, 4) is 5.75 Å². The summed E-state index contributed by atoms with van der Waals surface area (Å²) in [6, 6.07) is 7.66. The van der Waals surface area contributed by atoms with Crippen LogP contribution in [0.3, 0.4) is 0 Å².